The average molecular weight is 282 g/mol. The van der Waals surface area contributed by atoms with Crippen molar-refractivity contribution in [3.05, 3.63) is 30.1 Å². The summed E-state index contributed by atoms with van der Waals surface area (Å²) in [4.78, 5) is 2.01. The van der Waals surface area contributed by atoms with E-state index in [2.05, 4.69) is 19.2 Å². The number of benzene rings is 1. The molecule has 114 valence electrons. The lowest BCUT2D eigenvalue weighted by molar-refractivity contribution is 0.158. The highest BCUT2D eigenvalue weighted by molar-refractivity contribution is 5.47. The Hall–Kier alpha value is -1.13. The van der Waals surface area contributed by atoms with Gasteiger partial charge >= 0.3 is 0 Å². The number of hydrogen-bond donors (Lipinski definition) is 2. The summed E-state index contributed by atoms with van der Waals surface area (Å²) < 4.78 is 13.8. The second kappa shape index (κ2) is 7.60. The lowest BCUT2D eigenvalue weighted by Crippen LogP contribution is -2.51. The van der Waals surface area contributed by atoms with Gasteiger partial charge in [-0.3, -0.25) is 0 Å². The summed E-state index contributed by atoms with van der Waals surface area (Å²) in [6.45, 7) is 9.64. The fourth-order valence-corrected chi connectivity index (χ4v) is 2.43. The predicted molar refractivity (Wildman–Crippen MR) is 82.7 cm³/mol. The Balaban J connectivity index is 2.72. The van der Waals surface area contributed by atoms with Crippen molar-refractivity contribution in [2.45, 2.75) is 45.7 Å². The van der Waals surface area contributed by atoms with Gasteiger partial charge in [0, 0.05) is 24.7 Å². The maximum absolute atomic E-state index is 13.8. The third-order valence-corrected chi connectivity index (χ3v) is 3.49. The standard InChI is InChI=1S/C16H27FN2O/c1-5-19(15-9-7-6-8-14(15)17)11-10-16(4,12-20)18-13(2)3/h6-9,13,18,20H,5,10-12H2,1-4H3. The van der Waals surface area contributed by atoms with Gasteiger partial charge in [-0.05, 0) is 32.4 Å². The van der Waals surface area contributed by atoms with Crippen LogP contribution in [0.4, 0.5) is 10.1 Å². The van der Waals surface area contributed by atoms with Crippen LogP contribution in [0.5, 0.6) is 0 Å². The Morgan fingerprint density at radius 1 is 1.35 bits per heavy atom. The number of rotatable bonds is 8. The van der Waals surface area contributed by atoms with Crippen molar-refractivity contribution in [2.75, 3.05) is 24.6 Å². The van der Waals surface area contributed by atoms with Crippen LogP contribution >= 0.6 is 0 Å². The van der Waals surface area contributed by atoms with Crippen LogP contribution in [0, 0.1) is 5.82 Å². The molecule has 1 rings (SSSR count). The Morgan fingerprint density at radius 2 is 2.00 bits per heavy atom. The number of hydrogen-bond acceptors (Lipinski definition) is 3. The van der Waals surface area contributed by atoms with Gasteiger partial charge in [-0.1, -0.05) is 26.0 Å². The zero-order chi connectivity index (χ0) is 15.2. The molecule has 0 amide bonds. The third-order valence-electron chi connectivity index (χ3n) is 3.49. The number of nitrogens with zero attached hydrogens (tertiary/aromatic N) is 1. The molecule has 0 spiro atoms. The number of aliphatic hydroxyl groups excluding tert-OH is 1. The Labute approximate surface area is 121 Å². The molecule has 0 bridgehead atoms. The molecule has 0 radical (unpaired) electrons. The van der Waals surface area contributed by atoms with Gasteiger partial charge in [-0.25, -0.2) is 4.39 Å². The van der Waals surface area contributed by atoms with Crippen LogP contribution in [-0.2, 0) is 0 Å². The van der Waals surface area contributed by atoms with Gasteiger partial charge in [0.15, 0.2) is 0 Å². The average Bonchev–Trinajstić information content (AvgIpc) is 2.40. The van der Waals surface area contributed by atoms with Crippen LogP contribution in [-0.4, -0.2) is 36.4 Å². The van der Waals surface area contributed by atoms with E-state index in [1.807, 2.05) is 24.8 Å². The van der Waals surface area contributed by atoms with Crippen LogP contribution in [0.15, 0.2) is 24.3 Å². The van der Waals surface area contributed by atoms with Gasteiger partial charge in [-0.2, -0.15) is 0 Å². The van der Waals surface area contributed by atoms with Crippen LogP contribution in [0.1, 0.15) is 34.1 Å². The van der Waals surface area contributed by atoms with Crippen molar-refractivity contribution in [1.82, 2.24) is 5.32 Å². The molecule has 1 aromatic rings. The van der Waals surface area contributed by atoms with E-state index < -0.39 is 0 Å². The molecule has 0 saturated heterocycles. The first-order valence-electron chi connectivity index (χ1n) is 7.30. The molecule has 0 saturated carbocycles. The number of para-hydroxylation sites is 1. The third kappa shape index (κ3) is 4.76. The molecule has 1 unspecified atom stereocenters. The number of anilines is 1. The molecule has 0 aliphatic heterocycles. The minimum absolute atomic E-state index is 0.0695. The lowest BCUT2D eigenvalue weighted by Gasteiger charge is -2.34. The first-order valence-corrected chi connectivity index (χ1v) is 7.30. The van der Waals surface area contributed by atoms with Gasteiger partial charge in [0.05, 0.1) is 12.3 Å². The van der Waals surface area contributed by atoms with Gasteiger partial charge in [0.2, 0.25) is 0 Å². The topological polar surface area (TPSA) is 35.5 Å². The second-order valence-corrected chi connectivity index (χ2v) is 5.80. The molecule has 4 heteroatoms. The van der Waals surface area contributed by atoms with E-state index >= 15 is 0 Å². The molecule has 3 nitrogen and oxygen atoms in total. The Morgan fingerprint density at radius 3 is 2.50 bits per heavy atom. The second-order valence-electron chi connectivity index (χ2n) is 5.80. The highest BCUT2D eigenvalue weighted by Gasteiger charge is 2.24. The summed E-state index contributed by atoms with van der Waals surface area (Å²) in [6, 6.07) is 7.13. The van der Waals surface area contributed by atoms with Crippen LogP contribution in [0.25, 0.3) is 0 Å². The lowest BCUT2D eigenvalue weighted by atomic mass is 9.97. The minimum Gasteiger partial charge on any atom is -0.394 e. The van der Waals surface area contributed by atoms with Crippen LogP contribution < -0.4 is 10.2 Å². The van der Waals surface area contributed by atoms with E-state index in [-0.39, 0.29) is 18.0 Å². The molecule has 0 heterocycles. The molecule has 1 atom stereocenters. The normalized spacial score (nSPS) is 14.3. The van der Waals surface area contributed by atoms with Crippen molar-refractivity contribution in [1.29, 1.82) is 0 Å². The fraction of sp³-hybridized carbons (Fsp3) is 0.625. The highest BCUT2D eigenvalue weighted by atomic mass is 19.1. The summed E-state index contributed by atoms with van der Waals surface area (Å²) in [5, 5.41) is 13.0. The first kappa shape index (κ1) is 16.9. The molecule has 0 fully saturated rings. The molecule has 0 aliphatic carbocycles. The SMILES string of the molecule is CCN(CCC(C)(CO)NC(C)C)c1ccccc1F. The Kier molecular flexibility index (Phi) is 6.43. The quantitative estimate of drug-likeness (QED) is 0.769. The van der Waals surface area contributed by atoms with Crippen molar-refractivity contribution < 1.29 is 9.50 Å². The van der Waals surface area contributed by atoms with E-state index in [9.17, 15) is 9.50 Å². The predicted octanol–water partition coefficient (Wildman–Crippen LogP) is 2.79. The van der Waals surface area contributed by atoms with Crippen LogP contribution in [0.3, 0.4) is 0 Å². The van der Waals surface area contributed by atoms with Crippen molar-refractivity contribution in [3.63, 3.8) is 0 Å². The molecular formula is C16H27FN2O. The molecule has 20 heavy (non-hydrogen) atoms. The number of nitrogens with one attached hydrogen (secondary N) is 1. The summed E-state index contributed by atoms with van der Waals surface area (Å²) >= 11 is 0. The smallest absolute Gasteiger partial charge is 0.146 e. The molecule has 1 aromatic carbocycles. The zero-order valence-corrected chi connectivity index (χ0v) is 13.0. The van der Waals surface area contributed by atoms with Gasteiger partial charge in [0.25, 0.3) is 0 Å². The molecule has 0 aromatic heterocycles. The monoisotopic (exact) mass is 282 g/mol. The molecule has 2 N–H and O–H groups in total. The summed E-state index contributed by atoms with van der Waals surface area (Å²) in [7, 11) is 0. The summed E-state index contributed by atoms with van der Waals surface area (Å²) in [6.07, 6.45) is 0.754. The summed E-state index contributed by atoms with van der Waals surface area (Å²) in [5.41, 5.74) is 0.284. The first-order chi connectivity index (χ1) is 9.41. The van der Waals surface area contributed by atoms with Crippen molar-refractivity contribution in [3.8, 4) is 0 Å². The zero-order valence-electron chi connectivity index (χ0n) is 13.0. The maximum atomic E-state index is 13.8. The minimum atomic E-state index is -0.340. The number of halogens is 1. The van der Waals surface area contributed by atoms with E-state index in [1.54, 1.807) is 12.1 Å². The molecule has 0 aliphatic rings. The van der Waals surface area contributed by atoms with Crippen LogP contribution in [0.2, 0.25) is 0 Å². The van der Waals surface area contributed by atoms with E-state index in [0.717, 1.165) is 13.0 Å². The maximum Gasteiger partial charge on any atom is 0.146 e. The van der Waals surface area contributed by atoms with E-state index in [4.69, 9.17) is 0 Å². The van der Waals surface area contributed by atoms with Crippen molar-refractivity contribution in [2.24, 2.45) is 0 Å². The number of aliphatic hydroxyl groups is 1. The van der Waals surface area contributed by atoms with Gasteiger partial charge in [-0.15, -0.1) is 0 Å². The van der Waals surface area contributed by atoms with E-state index in [0.29, 0.717) is 18.3 Å². The Bertz CT molecular complexity index is 411. The molecular weight excluding hydrogens is 255 g/mol. The fourth-order valence-electron chi connectivity index (χ4n) is 2.43. The highest BCUT2D eigenvalue weighted by Crippen LogP contribution is 2.20. The van der Waals surface area contributed by atoms with E-state index in [1.165, 1.54) is 6.07 Å². The van der Waals surface area contributed by atoms with Gasteiger partial charge < -0.3 is 15.3 Å². The largest absolute Gasteiger partial charge is 0.394 e. The van der Waals surface area contributed by atoms with Gasteiger partial charge in [0.1, 0.15) is 5.82 Å². The summed E-state index contributed by atoms with van der Waals surface area (Å²) in [5.74, 6) is -0.197. The van der Waals surface area contributed by atoms with Crippen molar-refractivity contribution >= 4 is 5.69 Å².